The van der Waals surface area contributed by atoms with Crippen LogP contribution in [0.5, 0.6) is 23.0 Å². The average molecular weight is 503 g/mol. The van der Waals surface area contributed by atoms with Crippen molar-refractivity contribution < 1.29 is 23.7 Å². The monoisotopic (exact) mass is 502 g/mol. The van der Waals surface area contributed by atoms with E-state index in [4.69, 9.17) is 36.3 Å². The lowest BCUT2D eigenvalue weighted by molar-refractivity contribution is -0.128. The largest absolute Gasteiger partial charge is 0.493 e. The molecule has 0 saturated heterocycles. The SMILES string of the molecule is CCOc1ccc(C2C(C#N)=C(N)Oc3cc(OC(=O)/C=C/c4ccccc4Cl)ccc32)cc1OC. The van der Waals surface area contributed by atoms with E-state index in [-0.39, 0.29) is 17.2 Å². The molecule has 36 heavy (non-hydrogen) atoms. The van der Waals surface area contributed by atoms with Crippen LogP contribution in [0.1, 0.15) is 29.5 Å². The number of benzene rings is 3. The summed E-state index contributed by atoms with van der Waals surface area (Å²) in [6.07, 6.45) is 2.87. The Morgan fingerprint density at radius 2 is 1.97 bits per heavy atom. The number of hydrogen-bond donors (Lipinski definition) is 1. The van der Waals surface area contributed by atoms with Crippen LogP contribution >= 0.6 is 11.6 Å². The van der Waals surface area contributed by atoms with Crippen LogP contribution in [0.3, 0.4) is 0 Å². The highest BCUT2D eigenvalue weighted by Crippen LogP contribution is 2.45. The lowest BCUT2D eigenvalue weighted by Crippen LogP contribution is -2.21. The summed E-state index contributed by atoms with van der Waals surface area (Å²) in [6, 6.07) is 19.7. The summed E-state index contributed by atoms with van der Waals surface area (Å²) >= 11 is 6.12. The van der Waals surface area contributed by atoms with Crippen molar-refractivity contribution in [2.45, 2.75) is 12.8 Å². The van der Waals surface area contributed by atoms with E-state index in [9.17, 15) is 10.1 Å². The third-order valence-electron chi connectivity index (χ3n) is 5.53. The average Bonchev–Trinajstić information content (AvgIpc) is 2.87. The maximum Gasteiger partial charge on any atom is 0.336 e. The molecule has 8 heteroatoms. The van der Waals surface area contributed by atoms with Crippen LogP contribution in [0.25, 0.3) is 6.08 Å². The van der Waals surface area contributed by atoms with Crippen LogP contribution < -0.4 is 24.7 Å². The molecule has 0 radical (unpaired) electrons. The van der Waals surface area contributed by atoms with E-state index in [1.54, 1.807) is 55.7 Å². The van der Waals surface area contributed by atoms with Gasteiger partial charge in [-0.15, -0.1) is 0 Å². The Bertz CT molecular complexity index is 1410. The van der Waals surface area contributed by atoms with E-state index in [0.29, 0.717) is 40.0 Å². The molecule has 1 heterocycles. The van der Waals surface area contributed by atoms with Gasteiger partial charge in [0.2, 0.25) is 5.88 Å². The number of nitriles is 1. The molecule has 1 atom stereocenters. The number of methoxy groups -OCH3 is 1. The number of ether oxygens (including phenoxy) is 4. The molecule has 3 aromatic rings. The van der Waals surface area contributed by atoms with Crippen LogP contribution in [0.2, 0.25) is 5.02 Å². The van der Waals surface area contributed by atoms with E-state index >= 15 is 0 Å². The van der Waals surface area contributed by atoms with Crippen molar-refractivity contribution in [1.29, 1.82) is 5.26 Å². The number of esters is 1. The van der Waals surface area contributed by atoms with E-state index in [2.05, 4.69) is 6.07 Å². The number of carbonyl (C=O) groups is 1. The molecule has 182 valence electrons. The van der Waals surface area contributed by atoms with Gasteiger partial charge in [-0.25, -0.2) is 4.79 Å². The highest BCUT2D eigenvalue weighted by Gasteiger charge is 2.31. The van der Waals surface area contributed by atoms with Gasteiger partial charge in [0.05, 0.1) is 19.6 Å². The number of nitrogens with two attached hydrogens (primary N) is 1. The topological polar surface area (TPSA) is 104 Å². The molecule has 4 rings (SSSR count). The fraction of sp³-hybridized carbons (Fsp3) is 0.143. The molecule has 0 spiro atoms. The summed E-state index contributed by atoms with van der Waals surface area (Å²) in [4.78, 5) is 12.4. The van der Waals surface area contributed by atoms with Gasteiger partial charge in [0.25, 0.3) is 0 Å². The summed E-state index contributed by atoms with van der Waals surface area (Å²) < 4.78 is 22.3. The predicted octanol–water partition coefficient (Wildman–Crippen LogP) is 5.58. The van der Waals surface area contributed by atoms with Gasteiger partial charge in [0, 0.05) is 22.7 Å². The summed E-state index contributed by atoms with van der Waals surface area (Å²) in [6.45, 7) is 2.37. The number of fused-ring (bicyclic) bond motifs is 1. The van der Waals surface area contributed by atoms with Gasteiger partial charge in [-0.3, -0.25) is 0 Å². The van der Waals surface area contributed by atoms with Crippen molar-refractivity contribution in [2.24, 2.45) is 5.73 Å². The molecule has 0 amide bonds. The highest BCUT2D eigenvalue weighted by molar-refractivity contribution is 6.32. The maximum atomic E-state index is 12.4. The zero-order chi connectivity index (χ0) is 25.7. The molecule has 7 nitrogen and oxygen atoms in total. The van der Waals surface area contributed by atoms with Crippen LogP contribution in [0.15, 0.2) is 78.2 Å². The normalized spacial score (nSPS) is 14.6. The van der Waals surface area contributed by atoms with Gasteiger partial charge < -0.3 is 24.7 Å². The summed E-state index contributed by atoms with van der Waals surface area (Å²) in [7, 11) is 1.55. The van der Waals surface area contributed by atoms with Gasteiger partial charge in [-0.05, 0) is 48.4 Å². The maximum absolute atomic E-state index is 12.4. The van der Waals surface area contributed by atoms with E-state index in [1.165, 1.54) is 6.08 Å². The molecule has 0 saturated carbocycles. The molecule has 0 bridgehead atoms. The van der Waals surface area contributed by atoms with Gasteiger partial charge >= 0.3 is 5.97 Å². The molecule has 1 aliphatic heterocycles. The first-order valence-corrected chi connectivity index (χ1v) is 11.5. The Labute approximate surface area is 213 Å². The fourth-order valence-electron chi connectivity index (χ4n) is 3.90. The minimum atomic E-state index is -0.584. The van der Waals surface area contributed by atoms with E-state index in [1.807, 2.05) is 25.1 Å². The number of hydrogen-bond acceptors (Lipinski definition) is 7. The quantitative estimate of drug-likeness (QED) is 0.255. The minimum Gasteiger partial charge on any atom is -0.493 e. The fourth-order valence-corrected chi connectivity index (χ4v) is 4.10. The molecule has 1 unspecified atom stereocenters. The van der Waals surface area contributed by atoms with Crippen molar-refractivity contribution >= 4 is 23.6 Å². The molecule has 1 aliphatic rings. The van der Waals surface area contributed by atoms with Gasteiger partial charge in [0.1, 0.15) is 23.1 Å². The second-order valence-electron chi connectivity index (χ2n) is 7.74. The van der Waals surface area contributed by atoms with Crippen molar-refractivity contribution in [1.82, 2.24) is 0 Å². The molecule has 3 aromatic carbocycles. The third kappa shape index (κ3) is 5.14. The minimum absolute atomic E-state index is 0.0232. The Balaban J connectivity index is 1.63. The Hall–Kier alpha value is -4.41. The first-order chi connectivity index (χ1) is 17.4. The highest BCUT2D eigenvalue weighted by atomic mass is 35.5. The Morgan fingerprint density at radius 1 is 1.17 bits per heavy atom. The number of halogens is 1. The van der Waals surface area contributed by atoms with Gasteiger partial charge in [-0.2, -0.15) is 5.26 Å². The lowest BCUT2D eigenvalue weighted by Gasteiger charge is -2.27. The summed E-state index contributed by atoms with van der Waals surface area (Å²) in [5.41, 5.74) is 8.53. The molecule has 0 fully saturated rings. The molecular weight excluding hydrogens is 480 g/mol. The van der Waals surface area contributed by atoms with Crippen molar-refractivity contribution in [2.75, 3.05) is 13.7 Å². The zero-order valence-electron chi connectivity index (χ0n) is 19.7. The molecular formula is C28H23ClN2O5. The third-order valence-corrected chi connectivity index (χ3v) is 5.88. The predicted molar refractivity (Wildman–Crippen MR) is 136 cm³/mol. The number of carbonyl (C=O) groups excluding carboxylic acids is 1. The van der Waals surface area contributed by atoms with Crippen LogP contribution in [0, 0.1) is 11.3 Å². The van der Waals surface area contributed by atoms with Crippen LogP contribution in [-0.2, 0) is 4.79 Å². The molecule has 0 aliphatic carbocycles. The second-order valence-corrected chi connectivity index (χ2v) is 8.15. The number of rotatable bonds is 7. The second kappa shape index (κ2) is 10.9. The van der Waals surface area contributed by atoms with Crippen molar-refractivity contribution in [3.05, 3.63) is 99.9 Å². The number of nitrogens with zero attached hydrogens (tertiary/aromatic N) is 1. The van der Waals surface area contributed by atoms with Gasteiger partial charge in [0.15, 0.2) is 11.5 Å². The smallest absolute Gasteiger partial charge is 0.336 e. The standard InChI is InChI=1S/C28H23ClN2O5/c1-3-34-23-12-8-18(14-25(23)33-2)27-20-11-10-19(15-24(20)36-28(31)21(27)16-30)35-26(32)13-9-17-6-4-5-7-22(17)29/h4-15,27H,3,31H2,1-2H3/b13-9+. The lowest BCUT2D eigenvalue weighted by atomic mass is 9.83. The van der Waals surface area contributed by atoms with Crippen molar-refractivity contribution in [3.8, 4) is 29.1 Å². The Morgan fingerprint density at radius 3 is 2.69 bits per heavy atom. The Kier molecular flexibility index (Phi) is 7.47. The first kappa shape index (κ1) is 24.7. The summed E-state index contributed by atoms with van der Waals surface area (Å²) in [5, 5.41) is 10.3. The van der Waals surface area contributed by atoms with Gasteiger partial charge in [-0.1, -0.05) is 41.9 Å². The van der Waals surface area contributed by atoms with Crippen molar-refractivity contribution in [3.63, 3.8) is 0 Å². The van der Waals surface area contributed by atoms with Crippen LogP contribution in [-0.4, -0.2) is 19.7 Å². The van der Waals surface area contributed by atoms with E-state index in [0.717, 1.165) is 5.56 Å². The van der Waals surface area contributed by atoms with E-state index < -0.39 is 11.9 Å². The first-order valence-electron chi connectivity index (χ1n) is 11.1. The number of allylic oxidation sites excluding steroid dienone is 1. The summed E-state index contributed by atoms with van der Waals surface area (Å²) in [5.74, 6) is 0.661. The zero-order valence-corrected chi connectivity index (χ0v) is 20.4. The molecule has 0 aromatic heterocycles. The van der Waals surface area contributed by atoms with Crippen LogP contribution in [0.4, 0.5) is 0 Å². The molecule has 2 N–H and O–H groups in total.